The van der Waals surface area contributed by atoms with Crippen molar-refractivity contribution in [3.05, 3.63) is 106 Å². The van der Waals surface area contributed by atoms with Crippen LogP contribution in [0.1, 0.15) is 27.1 Å². The van der Waals surface area contributed by atoms with Crippen molar-refractivity contribution in [2.24, 2.45) is 0 Å². The van der Waals surface area contributed by atoms with Gasteiger partial charge < -0.3 is 25.2 Å². The number of pyridine rings is 2. The number of hydrogen-bond acceptors (Lipinski definition) is 6. The van der Waals surface area contributed by atoms with Crippen molar-refractivity contribution in [3.63, 3.8) is 0 Å². The number of aryl methyl sites for hydroxylation is 1. The third-order valence-corrected chi connectivity index (χ3v) is 6.20. The molecule has 208 valence electrons. The van der Waals surface area contributed by atoms with Crippen LogP contribution in [-0.2, 0) is 6.54 Å². The summed E-state index contributed by atoms with van der Waals surface area (Å²) in [5, 5.41) is 16.1. The summed E-state index contributed by atoms with van der Waals surface area (Å²) in [5.74, 6) is -1.11. The van der Waals surface area contributed by atoms with Gasteiger partial charge in [-0.15, -0.1) is 12.4 Å². The van der Waals surface area contributed by atoms with Crippen LogP contribution >= 0.6 is 24.0 Å². The van der Waals surface area contributed by atoms with E-state index >= 15 is 0 Å². The van der Waals surface area contributed by atoms with E-state index in [-0.39, 0.29) is 46.3 Å². The van der Waals surface area contributed by atoms with Gasteiger partial charge in [0.15, 0.2) is 0 Å². The second kappa shape index (κ2) is 13.7. The molecule has 3 N–H and O–H groups in total. The molecule has 2 aromatic heterocycles. The van der Waals surface area contributed by atoms with Crippen LogP contribution in [0.15, 0.2) is 83.9 Å². The molecule has 0 unspecified atom stereocenters. The normalized spacial score (nSPS) is 10.6. The van der Waals surface area contributed by atoms with Crippen LogP contribution in [0.3, 0.4) is 0 Å². The molecule has 0 aliphatic carbocycles. The van der Waals surface area contributed by atoms with Gasteiger partial charge in [0.2, 0.25) is 0 Å². The van der Waals surface area contributed by atoms with Gasteiger partial charge in [0.05, 0.1) is 16.3 Å². The molecule has 0 saturated carbocycles. The number of carbonyl (C=O) groups is 2. The molecule has 0 atom stereocenters. The van der Waals surface area contributed by atoms with Crippen LogP contribution in [0, 0.1) is 0 Å². The summed E-state index contributed by atoms with van der Waals surface area (Å²) in [6, 6.07) is 17.6. The quantitative estimate of drug-likeness (QED) is 0.235. The first-order valence-electron chi connectivity index (χ1n) is 12.2. The number of rotatable bonds is 9. The highest BCUT2D eigenvalue weighted by Crippen LogP contribution is 2.29. The maximum atomic E-state index is 13.0. The number of anilines is 2. The number of aromatic hydroxyl groups is 1. The maximum Gasteiger partial charge on any atom is 0.259 e. The molecule has 0 bridgehead atoms. The molecule has 9 nitrogen and oxygen atoms in total. The van der Waals surface area contributed by atoms with Crippen LogP contribution in [0.25, 0.3) is 11.1 Å². The Bertz CT molecular complexity index is 1540. The smallest absolute Gasteiger partial charge is 0.259 e. The number of halogens is 2. The first-order valence-corrected chi connectivity index (χ1v) is 12.6. The summed E-state index contributed by atoms with van der Waals surface area (Å²) in [6.07, 6.45) is 4.01. The highest BCUT2D eigenvalue weighted by Gasteiger charge is 2.19. The zero-order valence-electron chi connectivity index (χ0n) is 21.9. The molecule has 4 rings (SSSR count). The van der Waals surface area contributed by atoms with E-state index in [1.54, 1.807) is 47.2 Å². The number of nitrogens with one attached hydrogen (secondary N) is 2. The molecule has 2 heterocycles. The van der Waals surface area contributed by atoms with E-state index in [4.69, 9.17) is 11.6 Å². The number of para-hydroxylation sites is 1. The molecule has 0 aliphatic heterocycles. The first kappa shape index (κ1) is 30.4. The zero-order valence-corrected chi connectivity index (χ0v) is 23.5. The molecule has 2 amide bonds. The number of phenols is 1. The second-order valence-corrected chi connectivity index (χ2v) is 9.56. The molecular weight excluding hydrogens is 553 g/mol. The molecule has 2 aromatic carbocycles. The summed E-state index contributed by atoms with van der Waals surface area (Å²) < 4.78 is 1.68. The van der Waals surface area contributed by atoms with Crippen molar-refractivity contribution in [3.8, 4) is 16.9 Å². The summed E-state index contributed by atoms with van der Waals surface area (Å²) in [4.78, 5) is 45.0. The van der Waals surface area contributed by atoms with Gasteiger partial charge in [-0.2, -0.15) is 0 Å². The van der Waals surface area contributed by atoms with Crippen molar-refractivity contribution in [2.75, 3.05) is 31.3 Å². The second-order valence-electron chi connectivity index (χ2n) is 9.12. The van der Waals surface area contributed by atoms with Crippen molar-refractivity contribution in [2.45, 2.75) is 13.0 Å². The van der Waals surface area contributed by atoms with Crippen LogP contribution < -0.4 is 16.2 Å². The SMILES string of the molecule is CN(C)CCCn1cccc(-c2ccc(C(=O)Nc3c(O)cccc3C(=O)Nc3ccc(Cl)cn3)cc2)c1=O.Cl. The number of carbonyl (C=O) groups excluding carboxylic acids is 2. The van der Waals surface area contributed by atoms with Crippen molar-refractivity contribution >= 4 is 47.3 Å². The van der Waals surface area contributed by atoms with Gasteiger partial charge in [-0.3, -0.25) is 14.4 Å². The van der Waals surface area contributed by atoms with E-state index in [0.29, 0.717) is 22.7 Å². The lowest BCUT2D eigenvalue weighted by atomic mass is 10.0. The van der Waals surface area contributed by atoms with E-state index < -0.39 is 11.8 Å². The summed E-state index contributed by atoms with van der Waals surface area (Å²) in [5.41, 5.74) is 1.40. The predicted octanol–water partition coefficient (Wildman–Crippen LogP) is 5.15. The Labute approximate surface area is 242 Å². The van der Waals surface area contributed by atoms with Gasteiger partial charge in [-0.05, 0) is 81.2 Å². The van der Waals surface area contributed by atoms with E-state index in [1.807, 2.05) is 20.2 Å². The van der Waals surface area contributed by atoms with Crippen LogP contribution in [0.5, 0.6) is 5.75 Å². The zero-order chi connectivity index (χ0) is 27.9. The molecule has 4 aromatic rings. The van der Waals surface area contributed by atoms with Gasteiger partial charge in [0, 0.05) is 30.1 Å². The van der Waals surface area contributed by atoms with Gasteiger partial charge in [-0.1, -0.05) is 29.8 Å². The Balaban J connectivity index is 0.00000441. The Morgan fingerprint density at radius 3 is 2.40 bits per heavy atom. The summed E-state index contributed by atoms with van der Waals surface area (Å²) in [7, 11) is 3.98. The topological polar surface area (TPSA) is 117 Å². The van der Waals surface area contributed by atoms with E-state index in [2.05, 4.69) is 20.5 Å². The first-order chi connectivity index (χ1) is 18.7. The van der Waals surface area contributed by atoms with Crippen LogP contribution in [-0.4, -0.2) is 52.0 Å². The minimum atomic E-state index is -0.572. The van der Waals surface area contributed by atoms with Gasteiger partial charge in [0.25, 0.3) is 17.4 Å². The lowest BCUT2D eigenvalue weighted by molar-refractivity contribution is 0.102. The Morgan fingerprint density at radius 2 is 1.73 bits per heavy atom. The van der Waals surface area contributed by atoms with Gasteiger partial charge in [0.1, 0.15) is 11.6 Å². The molecule has 0 radical (unpaired) electrons. The third-order valence-electron chi connectivity index (χ3n) is 5.98. The van der Waals surface area contributed by atoms with E-state index in [1.165, 1.54) is 30.5 Å². The van der Waals surface area contributed by atoms with E-state index in [0.717, 1.165) is 13.0 Å². The monoisotopic (exact) mass is 581 g/mol. The van der Waals surface area contributed by atoms with Crippen molar-refractivity contribution < 1.29 is 14.7 Å². The third kappa shape index (κ3) is 7.47. The fourth-order valence-corrected chi connectivity index (χ4v) is 4.08. The number of phenolic OH excluding ortho intramolecular Hbond substituents is 1. The number of nitrogens with zero attached hydrogens (tertiary/aromatic N) is 3. The van der Waals surface area contributed by atoms with Crippen molar-refractivity contribution in [1.82, 2.24) is 14.5 Å². The van der Waals surface area contributed by atoms with Gasteiger partial charge in [-0.25, -0.2) is 4.98 Å². The molecule has 0 spiro atoms. The Hall–Kier alpha value is -4.18. The Kier molecular flexibility index (Phi) is 10.4. The standard InChI is InChI=1S/C29H28ClN5O4.ClH/c1-34(2)15-5-17-35-16-4-7-22(29(35)39)19-9-11-20(12-10-19)27(37)33-26-23(6-3-8-24(26)36)28(38)32-25-14-13-21(30)18-31-25;/h3-4,6-14,16,18,36H,5,15,17H2,1-2H3,(H,33,37)(H,31,32,38);1H. The van der Waals surface area contributed by atoms with Crippen LogP contribution in [0.2, 0.25) is 5.02 Å². The number of aromatic nitrogens is 2. The molecule has 0 saturated heterocycles. The largest absolute Gasteiger partial charge is 0.506 e. The summed E-state index contributed by atoms with van der Waals surface area (Å²) in [6.45, 7) is 1.48. The fraction of sp³-hybridized carbons (Fsp3) is 0.172. The predicted molar refractivity (Wildman–Crippen MR) is 160 cm³/mol. The lowest BCUT2D eigenvalue weighted by Crippen LogP contribution is -2.23. The lowest BCUT2D eigenvalue weighted by Gasteiger charge is -2.13. The fourth-order valence-electron chi connectivity index (χ4n) is 3.97. The van der Waals surface area contributed by atoms with Crippen LogP contribution in [0.4, 0.5) is 11.5 Å². The average Bonchev–Trinajstić information content (AvgIpc) is 2.92. The average molecular weight is 582 g/mol. The highest BCUT2D eigenvalue weighted by atomic mass is 35.5. The molecule has 11 heteroatoms. The summed E-state index contributed by atoms with van der Waals surface area (Å²) >= 11 is 5.84. The minimum Gasteiger partial charge on any atom is -0.506 e. The molecule has 0 aliphatic rings. The van der Waals surface area contributed by atoms with Crippen molar-refractivity contribution in [1.29, 1.82) is 0 Å². The number of benzene rings is 2. The highest BCUT2D eigenvalue weighted by molar-refractivity contribution is 6.30. The minimum absolute atomic E-state index is 0. The number of hydrogen-bond donors (Lipinski definition) is 3. The van der Waals surface area contributed by atoms with Gasteiger partial charge >= 0.3 is 0 Å². The molecule has 0 fully saturated rings. The molecule has 40 heavy (non-hydrogen) atoms. The maximum absolute atomic E-state index is 13.0. The van der Waals surface area contributed by atoms with E-state index in [9.17, 15) is 19.5 Å². The number of amides is 2. The molecular formula is C29H29Cl2N5O4. The Morgan fingerprint density at radius 1 is 0.975 bits per heavy atom.